The van der Waals surface area contributed by atoms with Crippen LogP contribution >= 0.6 is 20.4 Å². The molecule has 0 nitrogen and oxygen atoms in total. The Labute approximate surface area is 111 Å². The molecule has 0 aliphatic carbocycles. The monoisotopic (exact) mass is 368 g/mol. The third-order valence-electron chi connectivity index (χ3n) is 1.85. The van der Waals surface area contributed by atoms with E-state index in [9.17, 15) is 15.8 Å². The van der Waals surface area contributed by atoms with E-state index in [1.54, 1.807) is 0 Å². The fourth-order valence-electron chi connectivity index (χ4n) is 1.18. The molecule has 18 heavy (non-hydrogen) atoms. The third-order valence-corrected chi connectivity index (χ3v) is 5.47. The van der Waals surface area contributed by atoms with E-state index in [1.807, 2.05) is 60.7 Å². The first-order chi connectivity index (χ1) is 8.61. The predicted octanol–water partition coefficient (Wildman–Crippen LogP) is 5.00. The van der Waals surface area contributed by atoms with E-state index in [1.165, 1.54) is 0 Å². The van der Waals surface area contributed by atoms with Crippen molar-refractivity contribution in [3.8, 4) is 0 Å². The average Bonchev–Trinajstić information content (AvgIpc) is 2.39. The van der Waals surface area contributed by atoms with Gasteiger partial charge in [-0.3, -0.25) is 12.9 Å². The molecule has 0 fully saturated rings. The van der Waals surface area contributed by atoms with Crippen LogP contribution in [0.3, 0.4) is 0 Å². The predicted molar refractivity (Wildman–Crippen MR) is 74.5 cm³/mol. The first-order valence-electron chi connectivity index (χ1n) is 5.00. The van der Waals surface area contributed by atoms with Crippen LogP contribution in [0.25, 0.3) is 0 Å². The van der Waals surface area contributed by atoms with Gasteiger partial charge in [-0.05, 0) is 0 Å². The first-order valence-corrected chi connectivity index (χ1v) is 7.97. The number of rotatable bonds is 2. The summed E-state index contributed by atoms with van der Waals surface area (Å²) in [6.45, 7) is 0. The van der Waals surface area contributed by atoms with Gasteiger partial charge in [0.15, 0.2) is 0 Å². The maximum atomic E-state index is 14.0. The van der Waals surface area contributed by atoms with E-state index in [4.69, 9.17) is 0 Å². The molecular formula is C12H10BF4I. The molecular weight excluding hydrogens is 358 g/mol. The van der Waals surface area contributed by atoms with Crippen molar-refractivity contribution < 1.29 is 15.8 Å². The number of halogens is 5. The number of hydrogen-bond acceptors (Lipinski definition) is 0. The molecule has 0 saturated heterocycles. The molecule has 0 atom stereocenters. The van der Waals surface area contributed by atoms with E-state index in [-0.39, 0.29) is 0 Å². The van der Waals surface area contributed by atoms with Crippen LogP contribution < -0.4 is 0 Å². The Morgan fingerprint density at radius 3 is 1.22 bits per heavy atom. The van der Waals surface area contributed by atoms with Crippen molar-refractivity contribution in [2.75, 3.05) is 0 Å². The summed E-state index contributed by atoms with van der Waals surface area (Å²) in [5.41, 5.74) is 0. The normalized spacial score (nSPS) is 10.1. The molecule has 0 heterocycles. The van der Waals surface area contributed by atoms with Gasteiger partial charge in [0.2, 0.25) is 0 Å². The van der Waals surface area contributed by atoms with Crippen LogP contribution in [0.1, 0.15) is 0 Å². The zero-order chi connectivity index (χ0) is 13.4. The SMILES string of the molecule is FB(F)F.FI(c1ccccc1)c1ccccc1. The zero-order valence-electron chi connectivity index (χ0n) is 9.24. The summed E-state index contributed by atoms with van der Waals surface area (Å²) in [6.07, 6.45) is 0. The van der Waals surface area contributed by atoms with Gasteiger partial charge in [0.1, 0.15) is 0 Å². The Balaban J connectivity index is 0.000000357. The van der Waals surface area contributed by atoms with Crippen molar-refractivity contribution >= 4 is 27.9 Å². The van der Waals surface area contributed by atoms with Gasteiger partial charge in [-0.15, -0.1) is 0 Å². The van der Waals surface area contributed by atoms with Crippen molar-refractivity contribution in [3.05, 3.63) is 67.8 Å². The van der Waals surface area contributed by atoms with Crippen LogP contribution in [0.15, 0.2) is 60.7 Å². The van der Waals surface area contributed by atoms with E-state index < -0.39 is 27.9 Å². The molecule has 0 saturated carbocycles. The van der Waals surface area contributed by atoms with E-state index >= 15 is 0 Å². The van der Waals surface area contributed by atoms with Gasteiger partial charge in [-0.25, -0.2) is 0 Å². The summed E-state index contributed by atoms with van der Waals surface area (Å²) < 4.78 is 44.8. The molecule has 0 radical (unpaired) electrons. The second-order valence-corrected chi connectivity index (χ2v) is 6.92. The van der Waals surface area contributed by atoms with Crippen LogP contribution in [0.4, 0.5) is 15.8 Å². The van der Waals surface area contributed by atoms with Gasteiger partial charge >= 0.3 is 98.6 Å². The quantitative estimate of drug-likeness (QED) is 0.398. The van der Waals surface area contributed by atoms with E-state index in [2.05, 4.69) is 0 Å². The number of benzene rings is 2. The first kappa shape index (κ1) is 15.0. The molecule has 6 heteroatoms. The van der Waals surface area contributed by atoms with Gasteiger partial charge < -0.3 is 0 Å². The van der Waals surface area contributed by atoms with Crippen LogP contribution in [0.2, 0.25) is 0 Å². The molecule has 0 amide bonds. The molecule has 2 aromatic rings. The van der Waals surface area contributed by atoms with Crippen molar-refractivity contribution in [1.82, 2.24) is 0 Å². The van der Waals surface area contributed by atoms with Gasteiger partial charge in [0.25, 0.3) is 0 Å². The molecule has 96 valence electrons. The minimum atomic E-state index is -3.67. The zero-order valence-corrected chi connectivity index (χ0v) is 11.4. The van der Waals surface area contributed by atoms with Gasteiger partial charge in [-0.2, -0.15) is 0 Å². The van der Waals surface area contributed by atoms with Crippen LogP contribution in [0.5, 0.6) is 0 Å². The minimum absolute atomic E-state index is 0.864. The molecule has 0 aliphatic heterocycles. The third kappa shape index (κ3) is 5.53. The summed E-state index contributed by atoms with van der Waals surface area (Å²) in [6, 6.07) is 18.9. The molecule has 2 aromatic carbocycles. The summed E-state index contributed by atoms with van der Waals surface area (Å²) in [5.74, 6) is 0. The second kappa shape index (κ2) is 8.13. The van der Waals surface area contributed by atoms with Gasteiger partial charge in [-0.1, -0.05) is 0 Å². The van der Waals surface area contributed by atoms with Crippen LogP contribution in [0, 0.1) is 7.14 Å². The van der Waals surface area contributed by atoms with E-state index in [0.717, 1.165) is 7.14 Å². The molecule has 0 aliphatic rings. The fourth-order valence-corrected chi connectivity index (χ4v) is 3.99. The van der Waals surface area contributed by atoms with Crippen LogP contribution in [-0.4, -0.2) is 7.54 Å². The van der Waals surface area contributed by atoms with Crippen molar-refractivity contribution in [2.24, 2.45) is 0 Å². The van der Waals surface area contributed by atoms with Gasteiger partial charge in [0.05, 0.1) is 0 Å². The second-order valence-electron chi connectivity index (χ2n) is 3.08. The Morgan fingerprint density at radius 2 is 0.944 bits per heavy atom. The Morgan fingerprint density at radius 1 is 0.667 bits per heavy atom. The summed E-state index contributed by atoms with van der Waals surface area (Å²) in [5, 5.41) is 0. The van der Waals surface area contributed by atoms with Crippen molar-refractivity contribution in [2.45, 2.75) is 0 Å². The molecule has 0 spiro atoms. The average molecular weight is 368 g/mol. The standard InChI is InChI=1S/C12H10FI.BF3/c13-14(11-7-3-1-4-8-11)12-9-5-2-6-10-12;2-1(3)4/h1-10H;. The van der Waals surface area contributed by atoms with Crippen molar-refractivity contribution in [3.63, 3.8) is 0 Å². The molecule has 2 rings (SSSR count). The molecule has 0 N–H and O–H groups in total. The van der Waals surface area contributed by atoms with Crippen LogP contribution in [-0.2, 0) is 0 Å². The Bertz CT molecular complexity index is 396. The van der Waals surface area contributed by atoms with Crippen molar-refractivity contribution in [1.29, 1.82) is 0 Å². The van der Waals surface area contributed by atoms with Gasteiger partial charge in [0, 0.05) is 0 Å². The van der Waals surface area contributed by atoms with E-state index in [0.29, 0.717) is 0 Å². The Kier molecular flexibility index (Phi) is 6.78. The molecule has 0 bridgehead atoms. The summed E-state index contributed by atoms with van der Waals surface area (Å²) in [7, 11) is -3.67. The molecule has 0 aromatic heterocycles. The fraction of sp³-hybridized carbons (Fsp3) is 0. The summed E-state index contributed by atoms with van der Waals surface area (Å²) in [4.78, 5) is 0. The topological polar surface area (TPSA) is 0 Å². The maximum absolute atomic E-state index is 14.0. The number of hydrogen-bond donors (Lipinski definition) is 0. The molecule has 0 unspecified atom stereocenters. The summed E-state index contributed by atoms with van der Waals surface area (Å²) >= 11 is -2.60. The Hall–Kier alpha value is -1.05.